The van der Waals surface area contributed by atoms with Crippen LogP contribution in [0.1, 0.15) is 30.9 Å². The molecule has 1 atom stereocenters. The van der Waals surface area contributed by atoms with E-state index in [-0.39, 0.29) is 17.4 Å². The molecule has 0 heterocycles. The summed E-state index contributed by atoms with van der Waals surface area (Å²) in [4.78, 5) is 0. The van der Waals surface area contributed by atoms with Gasteiger partial charge in [0.25, 0.3) is 0 Å². The highest BCUT2D eigenvalue weighted by molar-refractivity contribution is 9.09. The summed E-state index contributed by atoms with van der Waals surface area (Å²) in [6.07, 6.45) is 1.98. The molecule has 2 nitrogen and oxygen atoms in total. The lowest BCUT2D eigenvalue weighted by Gasteiger charge is -2.14. The minimum atomic E-state index is -3.02. The molecule has 18 heavy (non-hydrogen) atoms. The molecular formula is C14H21BrO2S. The van der Waals surface area contributed by atoms with E-state index in [1.807, 2.05) is 31.2 Å². The maximum atomic E-state index is 12.2. The molecule has 0 saturated heterocycles. The fourth-order valence-corrected chi connectivity index (χ4v) is 4.81. The number of rotatable bonds is 7. The Labute approximate surface area is 119 Å². The number of alkyl halides is 1. The summed E-state index contributed by atoms with van der Waals surface area (Å²) in [5, 5.41) is 0.758. The predicted octanol–water partition coefficient (Wildman–Crippen LogP) is 3.72. The molecule has 0 aromatic heterocycles. The van der Waals surface area contributed by atoms with Gasteiger partial charge in [0, 0.05) is 5.33 Å². The van der Waals surface area contributed by atoms with Crippen molar-refractivity contribution in [1.82, 2.24) is 0 Å². The fraction of sp³-hybridized carbons (Fsp3) is 0.571. The molecule has 4 heteroatoms. The second kappa shape index (κ2) is 7.29. The van der Waals surface area contributed by atoms with Crippen LogP contribution in [0.4, 0.5) is 0 Å². The molecule has 0 spiro atoms. The molecule has 0 fully saturated rings. The number of hydrogen-bond donors (Lipinski definition) is 0. The van der Waals surface area contributed by atoms with Gasteiger partial charge in [0.2, 0.25) is 0 Å². The second-order valence-electron chi connectivity index (χ2n) is 4.79. The predicted molar refractivity (Wildman–Crippen MR) is 80.9 cm³/mol. The van der Waals surface area contributed by atoms with Gasteiger partial charge in [-0.05, 0) is 30.4 Å². The standard InChI is InChI=1S/C14H21BrO2S/c1-3-6-13(9-15)10-18(16,17)11-14-8-5-4-7-12(14)2/h4-5,7-8,13H,3,6,9-11H2,1-2H3. The lowest BCUT2D eigenvalue weighted by Crippen LogP contribution is -2.19. The fourth-order valence-electron chi connectivity index (χ4n) is 2.04. The first kappa shape index (κ1) is 15.7. The van der Waals surface area contributed by atoms with Crippen LogP contribution in [-0.2, 0) is 15.6 Å². The third-order valence-electron chi connectivity index (χ3n) is 3.04. The van der Waals surface area contributed by atoms with E-state index in [4.69, 9.17) is 0 Å². The Bertz CT molecular complexity index is 468. The highest BCUT2D eigenvalue weighted by Gasteiger charge is 2.19. The molecule has 1 aromatic carbocycles. The van der Waals surface area contributed by atoms with Gasteiger partial charge in [-0.1, -0.05) is 53.5 Å². The van der Waals surface area contributed by atoms with Crippen molar-refractivity contribution in [3.8, 4) is 0 Å². The Morgan fingerprint density at radius 3 is 2.50 bits per heavy atom. The largest absolute Gasteiger partial charge is 0.228 e. The van der Waals surface area contributed by atoms with Crippen LogP contribution in [-0.4, -0.2) is 19.5 Å². The first-order chi connectivity index (χ1) is 8.48. The average molecular weight is 333 g/mol. The van der Waals surface area contributed by atoms with E-state index in [1.54, 1.807) is 0 Å². The minimum absolute atomic E-state index is 0.160. The van der Waals surface area contributed by atoms with Gasteiger partial charge >= 0.3 is 0 Å². The second-order valence-corrected chi connectivity index (χ2v) is 7.55. The van der Waals surface area contributed by atoms with Crippen LogP contribution in [0.15, 0.2) is 24.3 Å². The van der Waals surface area contributed by atoms with Crippen molar-refractivity contribution >= 4 is 25.8 Å². The molecule has 0 amide bonds. The summed E-state index contributed by atoms with van der Waals surface area (Å²) < 4.78 is 24.4. The smallest absolute Gasteiger partial charge is 0.154 e. The molecule has 0 radical (unpaired) electrons. The summed E-state index contributed by atoms with van der Waals surface area (Å²) in [5.41, 5.74) is 1.97. The summed E-state index contributed by atoms with van der Waals surface area (Å²) in [7, 11) is -3.02. The third kappa shape index (κ3) is 5.11. The topological polar surface area (TPSA) is 34.1 Å². The van der Waals surface area contributed by atoms with Gasteiger partial charge < -0.3 is 0 Å². The Morgan fingerprint density at radius 1 is 1.28 bits per heavy atom. The first-order valence-electron chi connectivity index (χ1n) is 6.29. The quantitative estimate of drug-likeness (QED) is 0.713. The molecule has 0 aliphatic carbocycles. The van der Waals surface area contributed by atoms with Crippen molar-refractivity contribution in [2.75, 3.05) is 11.1 Å². The maximum Gasteiger partial charge on any atom is 0.154 e. The van der Waals surface area contributed by atoms with Crippen LogP contribution >= 0.6 is 15.9 Å². The Morgan fingerprint density at radius 2 is 1.94 bits per heavy atom. The molecular weight excluding hydrogens is 312 g/mol. The zero-order chi connectivity index (χ0) is 13.6. The SMILES string of the molecule is CCCC(CBr)CS(=O)(=O)Cc1ccccc1C. The Hall–Kier alpha value is -0.350. The molecule has 1 aromatic rings. The van der Waals surface area contributed by atoms with Gasteiger partial charge in [-0.15, -0.1) is 0 Å². The van der Waals surface area contributed by atoms with Gasteiger partial charge in [-0.2, -0.15) is 0 Å². The molecule has 1 rings (SSSR count). The van der Waals surface area contributed by atoms with E-state index in [1.165, 1.54) is 0 Å². The molecule has 0 bridgehead atoms. The summed E-state index contributed by atoms with van der Waals surface area (Å²) >= 11 is 3.40. The van der Waals surface area contributed by atoms with E-state index in [2.05, 4.69) is 22.9 Å². The number of sulfone groups is 1. The van der Waals surface area contributed by atoms with Crippen LogP contribution in [0.5, 0.6) is 0 Å². The lowest BCUT2D eigenvalue weighted by molar-refractivity contribution is 0.551. The number of benzene rings is 1. The van der Waals surface area contributed by atoms with Crippen molar-refractivity contribution in [1.29, 1.82) is 0 Å². The highest BCUT2D eigenvalue weighted by Crippen LogP contribution is 2.17. The monoisotopic (exact) mass is 332 g/mol. The number of aryl methyl sites for hydroxylation is 1. The zero-order valence-corrected chi connectivity index (χ0v) is 13.4. The van der Waals surface area contributed by atoms with Gasteiger partial charge in [-0.3, -0.25) is 0 Å². The van der Waals surface area contributed by atoms with Crippen molar-refractivity contribution in [2.24, 2.45) is 5.92 Å². The molecule has 1 unspecified atom stereocenters. The van der Waals surface area contributed by atoms with E-state index < -0.39 is 9.84 Å². The van der Waals surface area contributed by atoms with E-state index in [9.17, 15) is 8.42 Å². The van der Waals surface area contributed by atoms with Crippen LogP contribution < -0.4 is 0 Å². The van der Waals surface area contributed by atoms with Crippen LogP contribution in [0.3, 0.4) is 0 Å². The van der Waals surface area contributed by atoms with Crippen molar-refractivity contribution in [2.45, 2.75) is 32.4 Å². The van der Waals surface area contributed by atoms with Crippen LogP contribution in [0.2, 0.25) is 0 Å². The normalized spacial score (nSPS) is 13.5. The first-order valence-corrected chi connectivity index (χ1v) is 9.23. The van der Waals surface area contributed by atoms with Crippen molar-refractivity contribution in [3.63, 3.8) is 0 Å². The van der Waals surface area contributed by atoms with Crippen LogP contribution in [0, 0.1) is 12.8 Å². The molecule has 102 valence electrons. The molecule has 0 saturated carbocycles. The van der Waals surface area contributed by atoms with Crippen molar-refractivity contribution in [3.05, 3.63) is 35.4 Å². The van der Waals surface area contributed by atoms with E-state index in [0.717, 1.165) is 29.3 Å². The average Bonchev–Trinajstić information content (AvgIpc) is 2.31. The van der Waals surface area contributed by atoms with Gasteiger partial charge in [0.05, 0.1) is 11.5 Å². The third-order valence-corrected chi connectivity index (χ3v) is 5.69. The van der Waals surface area contributed by atoms with Crippen molar-refractivity contribution < 1.29 is 8.42 Å². The van der Waals surface area contributed by atoms with Gasteiger partial charge in [0.1, 0.15) is 0 Å². The van der Waals surface area contributed by atoms with Gasteiger partial charge in [-0.25, -0.2) is 8.42 Å². The van der Waals surface area contributed by atoms with E-state index >= 15 is 0 Å². The lowest BCUT2D eigenvalue weighted by atomic mass is 10.1. The maximum absolute atomic E-state index is 12.2. The zero-order valence-electron chi connectivity index (χ0n) is 11.0. The van der Waals surface area contributed by atoms with Gasteiger partial charge in [0.15, 0.2) is 9.84 Å². The molecule has 0 aliphatic heterocycles. The molecule has 0 N–H and O–H groups in total. The number of hydrogen-bond acceptors (Lipinski definition) is 2. The Kier molecular flexibility index (Phi) is 6.36. The highest BCUT2D eigenvalue weighted by atomic mass is 79.9. The summed E-state index contributed by atoms with van der Waals surface area (Å²) in [6, 6.07) is 7.68. The summed E-state index contributed by atoms with van der Waals surface area (Å²) in [6.45, 7) is 4.04. The summed E-state index contributed by atoms with van der Waals surface area (Å²) in [5.74, 6) is 0.664. The molecule has 0 aliphatic rings. The van der Waals surface area contributed by atoms with E-state index in [0.29, 0.717) is 0 Å². The Balaban J connectivity index is 2.73. The minimum Gasteiger partial charge on any atom is -0.228 e. The number of halogens is 1. The van der Waals surface area contributed by atoms with Crippen LogP contribution in [0.25, 0.3) is 0 Å².